The first-order valence-electron chi connectivity index (χ1n) is 33.4. The molecule has 2 aliphatic carbocycles. The summed E-state index contributed by atoms with van der Waals surface area (Å²) in [5, 5.41) is 31.9. The predicted molar refractivity (Wildman–Crippen MR) is 361 cm³/mol. The Bertz CT molecular complexity index is 3590. The summed E-state index contributed by atoms with van der Waals surface area (Å²) in [6.45, 7) is 16.3. The fourth-order valence-corrected chi connectivity index (χ4v) is 13.5. The number of hydrogen-bond acceptors (Lipinski definition) is 15. The number of carbonyl (C=O) groups is 6. The number of esters is 2. The summed E-state index contributed by atoms with van der Waals surface area (Å²) in [6, 6.07) is 44.8. The maximum Gasteiger partial charge on any atom is 0.410 e. The standard InChI is InChI=1S/C38H45N3O6.C25H21NO4.C13H26N2O3/c1-38(2,3)47-36(44)33(18-21-40-19-16-27(42)17-20-40)39-35(43)34-22-25-10-4-5-11-26(25)23-41(34)37(45)46-24-32-30-14-8-6-12-28(30)29-13-7-9-15-31(29)32;27-24(28)23-13-16-7-1-2-8-17(16)14-26(23)25(29)30-15-22-20-11-5-3-9-18(20)19-10-4-6-12-21(19)22;1-13(2,3)18-12(17)11(14)6-9-15-7-4-10(16)5-8-15/h4-15,27,32-34,42H,16-24H2,1-3H3,(H,39,43);1-12,22-23H,13-15H2,(H,27,28);10-11,16H,4-9,14H2,1-3H3/t33?,34-;23-;/m00./s1. The van der Waals surface area contributed by atoms with E-state index in [9.17, 15) is 44.1 Å². The molecule has 4 aliphatic heterocycles. The second kappa shape index (κ2) is 31.0. The molecule has 504 valence electrons. The van der Waals surface area contributed by atoms with E-state index in [4.69, 9.17) is 24.7 Å². The van der Waals surface area contributed by atoms with Gasteiger partial charge in [0.25, 0.3) is 0 Å². The molecule has 19 heteroatoms. The lowest BCUT2D eigenvalue weighted by molar-refractivity contribution is -0.159. The van der Waals surface area contributed by atoms with Gasteiger partial charge in [-0.3, -0.25) is 19.4 Å². The number of piperidine rings is 2. The molecule has 2 saturated heterocycles. The summed E-state index contributed by atoms with van der Waals surface area (Å²) < 4.78 is 22.7. The highest BCUT2D eigenvalue weighted by atomic mass is 16.6. The van der Waals surface area contributed by atoms with Crippen LogP contribution < -0.4 is 11.1 Å². The lowest BCUT2D eigenvalue weighted by atomic mass is 9.93. The van der Waals surface area contributed by atoms with Gasteiger partial charge in [0.2, 0.25) is 5.91 Å². The van der Waals surface area contributed by atoms with Crippen LogP contribution in [0.1, 0.15) is 136 Å². The molecule has 4 heterocycles. The maximum atomic E-state index is 14.1. The smallest absolute Gasteiger partial charge is 0.410 e. The maximum absolute atomic E-state index is 14.1. The van der Waals surface area contributed by atoms with Crippen molar-refractivity contribution in [3.05, 3.63) is 190 Å². The van der Waals surface area contributed by atoms with Crippen LogP contribution >= 0.6 is 0 Å². The van der Waals surface area contributed by atoms with Crippen molar-refractivity contribution in [3.63, 3.8) is 0 Å². The molecule has 2 unspecified atom stereocenters. The van der Waals surface area contributed by atoms with E-state index in [2.05, 4.69) is 63.6 Å². The minimum Gasteiger partial charge on any atom is -0.480 e. The van der Waals surface area contributed by atoms with Gasteiger partial charge in [-0.05, 0) is 147 Å². The number of amides is 3. The van der Waals surface area contributed by atoms with Gasteiger partial charge in [0.1, 0.15) is 48.6 Å². The Balaban J connectivity index is 0.000000174. The number of aliphatic hydroxyl groups is 2. The molecule has 6 aromatic rings. The molecule has 6 aliphatic rings. The number of rotatable bonds is 15. The fourth-order valence-electron chi connectivity index (χ4n) is 13.5. The van der Waals surface area contributed by atoms with E-state index in [0.29, 0.717) is 38.6 Å². The molecule has 19 nitrogen and oxygen atoms in total. The van der Waals surface area contributed by atoms with Crippen LogP contribution in [0.2, 0.25) is 0 Å². The zero-order valence-electron chi connectivity index (χ0n) is 55.5. The van der Waals surface area contributed by atoms with Gasteiger partial charge in [-0.1, -0.05) is 146 Å². The Labute approximate surface area is 557 Å². The second-order valence-corrected chi connectivity index (χ2v) is 27.6. The zero-order chi connectivity index (χ0) is 67.6. The zero-order valence-corrected chi connectivity index (χ0v) is 55.5. The third-order valence-corrected chi connectivity index (χ3v) is 18.5. The van der Waals surface area contributed by atoms with Crippen molar-refractivity contribution in [2.75, 3.05) is 52.5 Å². The van der Waals surface area contributed by atoms with Crippen molar-refractivity contribution in [1.82, 2.24) is 24.9 Å². The van der Waals surface area contributed by atoms with Gasteiger partial charge >= 0.3 is 30.1 Å². The number of benzene rings is 6. The van der Waals surface area contributed by atoms with Gasteiger partial charge in [0.05, 0.1) is 25.3 Å². The van der Waals surface area contributed by atoms with Crippen molar-refractivity contribution in [3.8, 4) is 22.3 Å². The van der Waals surface area contributed by atoms with Crippen LogP contribution in [0.4, 0.5) is 9.59 Å². The number of nitrogens with two attached hydrogens (primary N) is 1. The molecule has 95 heavy (non-hydrogen) atoms. The Morgan fingerprint density at radius 1 is 0.495 bits per heavy atom. The van der Waals surface area contributed by atoms with Crippen molar-refractivity contribution in [2.45, 2.75) is 165 Å². The van der Waals surface area contributed by atoms with E-state index in [0.717, 1.165) is 112 Å². The molecule has 2 fully saturated rings. The quantitative estimate of drug-likeness (QED) is 0.0474. The number of hydrogen-bond donors (Lipinski definition) is 5. The van der Waals surface area contributed by atoms with Crippen LogP contribution in [0.3, 0.4) is 0 Å². The van der Waals surface area contributed by atoms with Gasteiger partial charge < -0.3 is 55.1 Å². The third-order valence-electron chi connectivity index (χ3n) is 18.5. The topological polar surface area (TPSA) is 251 Å². The van der Waals surface area contributed by atoms with E-state index in [-0.39, 0.29) is 62.7 Å². The Kier molecular flexibility index (Phi) is 22.6. The molecule has 6 aromatic carbocycles. The fraction of sp³-hybridized carbons (Fsp3) is 0.447. The normalized spacial score (nSPS) is 18.7. The summed E-state index contributed by atoms with van der Waals surface area (Å²) in [7, 11) is 0. The third kappa shape index (κ3) is 17.7. The molecule has 0 aromatic heterocycles. The lowest BCUT2D eigenvalue weighted by Crippen LogP contribution is -2.56. The minimum atomic E-state index is -1.02. The van der Waals surface area contributed by atoms with Gasteiger partial charge in [0.15, 0.2) is 0 Å². The molecule has 0 radical (unpaired) electrons. The Hall–Kier alpha value is -8.46. The number of nitrogens with zero attached hydrogens (tertiary/aromatic N) is 4. The van der Waals surface area contributed by atoms with E-state index >= 15 is 0 Å². The van der Waals surface area contributed by atoms with Crippen LogP contribution in [-0.4, -0.2) is 171 Å². The number of nitrogens with one attached hydrogen (secondary N) is 1. The van der Waals surface area contributed by atoms with Gasteiger partial charge in [-0.2, -0.15) is 0 Å². The van der Waals surface area contributed by atoms with E-state index < -0.39 is 65.4 Å². The number of carboxylic acid groups (broad SMARTS) is 1. The van der Waals surface area contributed by atoms with Crippen LogP contribution in [0.15, 0.2) is 146 Å². The number of aliphatic carboxylic acids is 1. The van der Waals surface area contributed by atoms with Gasteiger partial charge in [-0.15, -0.1) is 0 Å². The van der Waals surface area contributed by atoms with E-state index in [1.807, 2.05) is 118 Å². The highest BCUT2D eigenvalue weighted by molar-refractivity contribution is 5.91. The monoisotopic (exact) mass is 1300 g/mol. The largest absolute Gasteiger partial charge is 0.480 e. The first-order valence-corrected chi connectivity index (χ1v) is 33.4. The summed E-state index contributed by atoms with van der Waals surface area (Å²) in [5.74, 6) is -2.44. The average molecular weight is 1300 g/mol. The van der Waals surface area contributed by atoms with Crippen LogP contribution in [-0.2, 0) is 64.1 Å². The molecule has 0 bridgehead atoms. The predicted octanol–water partition coefficient (Wildman–Crippen LogP) is 9.98. The second-order valence-electron chi connectivity index (χ2n) is 27.6. The van der Waals surface area contributed by atoms with Crippen molar-refractivity contribution in [2.24, 2.45) is 5.73 Å². The number of carboxylic acids is 1. The molecule has 0 spiro atoms. The number of carbonyl (C=O) groups excluding carboxylic acids is 5. The Morgan fingerprint density at radius 3 is 1.24 bits per heavy atom. The molecule has 12 rings (SSSR count). The van der Waals surface area contributed by atoms with Crippen LogP contribution in [0, 0.1) is 0 Å². The first-order chi connectivity index (χ1) is 45.5. The molecule has 4 atom stereocenters. The summed E-state index contributed by atoms with van der Waals surface area (Å²) >= 11 is 0. The Morgan fingerprint density at radius 2 is 0.842 bits per heavy atom. The summed E-state index contributed by atoms with van der Waals surface area (Å²) in [4.78, 5) is 85.0. The summed E-state index contributed by atoms with van der Waals surface area (Å²) in [5.41, 5.74) is 17.6. The molecular weight excluding hydrogens is 1200 g/mol. The summed E-state index contributed by atoms with van der Waals surface area (Å²) in [6.07, 6.45) is 2.90. The lowest BCUT2D eigenvalue weighted by Gasteiger charge is -2.36. The average Bonchev–Trinajstić information content (AvgIpc) is 1.66. The van der Waals surface area contributed by atoms with E-state index in [1.54, 1.807) is 20.8 Å². The molecule has 0 saturated carbocycles. The number of ether oxygens (including phenoxy) is 4. The van der Waals surface area contributed by atoms with Crippen molar-refractivity contribution >= 4 is 36.0 Å². The number of fused-ring (bicyclic) bond motifs is 8. The highest BCUT2D eigenvalue weighted by Crippen LogP contribution is 2.46. The van der Waals surface area contributed by atoms with Crippen molar-refractivity contribution < 1.29 is 63.0 Å². The number of aliphatic hydroxyl groups excluding tert-OH is 2. The molecule has 6 N–H and O–H groups in total. The van der Waals surface area contributed by atoms with Gasteiger partial charge in [0, 0.05) is 63.9 Å². The molecule has 3 amide bonds. The highest BCUT2D eigenvalue weighted by Gasteiger charge is 2.41. The van der Waals surface area contributed by atoms with Crippen LogP contribution in [0.25, 0.3) is 22.3 Å². The minimum absolute atomic E-state index is 0.0540. The number of likely N-dealkylation sites (tertiary alicyclic amines) is 2. The first kappa shape index (κ1) is 69.4. The van der Waals surface area contributed by atoms with E-state index in [1.165, 1.54) is 9.80 Å². The van der Waals surface area contributed by atoms with Crippen molar-refractivity contribution in [1.29, 1.82) is 0 Å². The molecular formula is C76H92N6O13. The van der Waals surface area contributed by atoms with Gasteiger partial charge in [-0.25, -0.2) is 19.2 Å². The van der Waals surface area contributed by atoms with Crippen LogP contribution in [0.5, 0.6) is 0 Å². The SMILES string of the molecule is CC(C)(C)OC(=O)C(CCN1CCC(O)CC1)NC(=O)[C@@H]1Cc2ccccc2CN1C(=O)OCC1c2ccccc2-c2ccccc21.CC(C)(C)OC(=O)C(N)CCN1CCC(O)CC1.O=C(O)[C@@H]1Cc2ccccc2CN1C(=O)OCC1c2ccccc2-c2ccccc21.